The minimum Gasteiger partial charge on any atom is -0.468 e. The molecular weight excluding hydrogens is 396 g/mol. The average Bonchev–Trinajstić information content (AvgIpc) is 3.35. The van der Waals surface area contributed by atoms with E-state index in [0.717, 1.165) is 0 Å². The van der Waals surface area contributed by atoms with Crippen molar-refractivity contribution in [2.24, 2.45) is 0 Å². The molecule has 0 fully saturated rings. The van der Waals surface area contributed by atoms with Crippen molar-refractivity contribution in [2.75, 3.05) is 5.32 Å². The number of rotatable bonds is 6. The fourth-order valence-corrected chi connectivity index (χ4v) is 3.76. The Hall–Kier alpha value is -3.63. The molecule has 10 heteroatoms. The second-order valence-corrected chi connectivity index (χ2v) is 7.99. The van der Waals surface area contributed by atoms with Gasteiger partial charge in [0.25, 0.3) is 5.91 Å². The van der Waals surface area contributed by atoms with Crippen LogP contribution < -0.4 is 15.7 Å². The Morgan fingerprint density at radius 3 is 2.48 bits per heavy atom. The van der Waals surface area contributed by atoms with Gasteiger partial charge in [-0.2, -0.15) is 0 Å². The van der Waals surface area contributed by atoms with Crippen LogP contribution in [-0.4, -0.2) is 24.3 Å². The van der Waals surface area contributed by atoms with Gasteiger partial charge >= 0.3 is 5.69 Å². The molecule has 29 heavy (non-hydrogen) atoms. The molecule has 2 heterocycles. The number of carbonyl (C=O) groups excluding carboxylic acids is 1. The molecule has 0 atom stereocenters. The van der Waals surface area contributed by atoms with Crippen molar-refractivity contribution in [3.8, 4) is 0 Å². The smallest absolute Gasteiger partial charge is 0.323 e. The second kappa shape index (κ2) is 7.41. The zero-order valence-electron chi connectivity index (χ0n) is 14.9. The minimum atomic E-state index is -3.74. The summed E-state index contributed by atoms with van der Waals surface area (Å²) in [6.07, 6.45) is 1.46. The quantitative estimate of drug-likeness (QED) is 0.385. The topological polar surface area (TPSA) is 137 Å². The maximum atomic E-state index is 12.4. The van der Waals surface area contributed by atoms with Crippen LogP contribution in [-0.2, 0) is 16.6 Å². The van der Waals surface area contributed by atoms with E-state index in [1.165, 1.54) is 30.5 Å². The Kier molecular flexibility index (Phi) is 4.79. The van der Waals surface area contributed by atoms with E-state index in [-0.39, 0.29) is 22.7 Å². The van der Waals surface area contributed by atoms with Gasteiger partial charge in [-0.1, -0.05) is 0 Å². The Balaban J connectivity index is 1.46. The number of H-pyrrole nitrogens is 2. The van der Waals surface area contributed by atoms with Crippen molar-refractivity contribution in [1.82, 2.24) is 14.7 Å². The third kappa shape index (κ3) is 4.13. The van der Waals surface area contributed by atoms with Gasteiger partial charge in [0.15, 0.2) is 0 Å². The van der Waals surface area contributed by atoms with Crippen molar-refractivity contribution < 1.29 is 17.6 Å². The molecule has 0 bridgehead atoms. The number of hydrogen-bond acceptors (Lipinski definition) is 5. The second-order valence-electron chi connectivity index (χ2n) is 6.22. The summed E-state index contributed by atoms with van der Waals surface area (Å²) < 4.78 is 32.2. The van der Waals surface area contributed by atoms with E-state index < -0.39 is 15.9 Å². The molecular formula is C19H16N4O5S. The van der Waals surface area contributed by atoms with Gasteiger partial charge in [-0.05, 0) is 54.6 Å². The lowest BCUT2D eigenvalue weighted by molar-refractivity contribution is 0.102. The number of furan rings is 1. The SMILES string of the molecule is O=C(Nc1ccc2[nH]c(=O)[nH]c2c1)c1ccc(S(=O)(=O)NCc2ccco2)cc1. The predicted molar refractivity (Wildman–Crippen MR) is 106 cm³/mol. The summed E-state index contributed by atoms with van der Waals surface area (Å²) in [6.45, 7) is 0.0291. The molecule has 1 amide bonds. The first kappa shape index (κ1) is 18.7. The summed E-state index contributed by atoms with van der Waals surface area (Å²) in [7, 11) is -3.74. The van der Waals surface area contributed by atoms with Crippen LogP contribution in [0.4, 0.5) is 5.69 Å². The fraction of sp³-hybridized carbons (Fsp3) is 0.0526. The predicted octanol–water partition coefficient (Wildman–Crippen LogP) is 2.18. The lowest BCUT2D eigenvalue weighted by atomic mass is 10.2. The largest absolute Gasteiger partial charge is 0.468 e. The molecule has 0 saturated carbocycles. The van der Waals surface area contributed by atoms with E-state index in [1.807, 2.05) is 0 Å². The molecule has 2 aromatic carbocycles. The molecule has 148 valence electrons. The van der Waals surface area contributed by atoms with Gasteiger partial charge in [-0.15, -0.1) is 0 Å². The highest BCUT2D eigenvalue weighted by Gasteiger charge is 2.15. The molecule has 0 aliphatic rings. The molecule has 0 aliphatic heterocycles. The highest BCUT2D eigenvalue weighted by molar-refractivity contribution is 7.89. The zero-order chi connectivity index (χ0) is 20.4. The van der Waals surface area contributed by atoms with Crippen molar-refractivity contribution in [1.29, 1.82) is 0 Å². The average molecular weight is 412 g/mol. The normalized spacial score (nSPS) is 11.6. The zero-order valence-corrected chi connectivity index (χ0v) is 15.7. The highest BCUT2D eigenvalue weighted by atomic mass is 32.2. The lowest BCUT2D eigenvalue weighted by Gasteiger charge is -2.08. The molecule has 4 rings (SSSR count). The number of amides is 1. The number of aromatic nitrogens is 2. The third-order valence-corrected chi connectivity index (χ3v) is 5.63. The van der Waals surface area contributed by atoms with Crippen molar-refractivity contribution in [3.05, 3.63) is 82.7 Å². The van der Waals surface area contributed by atoms with E-state index >= 15 is 0 Å². The number of sulfonamides is 1. The van der Waals surface area contributed by atoms with E-state index in [4.69, 9.17) is 4.42 Å². The molecule has 0 radical (unpaired) electrons. The summed E-state index contributed by atoms with van der Waals surface area (Å²) in [5, 5.41) is 2.71. The first-order valence-corrected chi connectivity index (χ1v) is 10.0. The van der Waals surface area contributed by atoms with Crippen LogP contribution in [0.25, 0.3) is 11.0 Å². The van der Waals surface area contributed by atoms with Gasteiger partial charge in [0.05, 0.1) is 28.7 Å². The molecule has 0 aliphatic carbocycles. The Morgan fingerprint density at radius 1 is 1.00 bits per heavy atom. The van der Waals surface area contributed by atoms with Gasteiger partial charge in [0.2, 0.25) is 10.0 Å². The maximum Gasteiger partial charge on any atom is 0.323 e. The Morgan fingerprint density at radius 2 is 1.76 bits per heavy atom. The van der Waals surface area contributed by atoms with E-state index in [2.05, 4.69) is 20.0 Å². The van der Waals surface area contributed by atoms with Crippen LogP contribution in [0.5, 0.6) is 0 Å². The van der Waals surface area contributed by atoms with Gasteiger partial charge in [-0.25, -0.2) is 17.9 Å². The Bertz CT molecular complexity index is 1320. The van der Waals surface area contributed by atoms with Crippen molar-refractivity contribution >= 4 is 32.7 Å². The minimum absolute atomic E-state index is 0.0291. The summed E-state index contributed by atoms with van der Waals surface area (Å²) in [5.41, 5.74) is 1.65. The van der Waals surface area contributed by atoms with Gasteiger partial charge < -0.3 is 19.7 Å². The maximum absolute atomic E-state index is 12.4. The van der Waals surface area contributed by atoms with Gasteiger partial charge in [0.1, 0.15) is 5.76 Å². The molecule has 0 unspecified atom stereocenters. The van der Waals surface area contributed by atoms with Gasteiger partial charge in [0, 0.05) is 11.3 Å². The Labute approximate surface area is 164 Å². The van der Waals surface area contributed by atoms with Crippen molar-refractivity contribution in [3.63, 3.8) is 0 Å². The molecule has 2 aromatic heterocycles. The lowest BCUT2D eigenvalue weighted by Crippen LogP contribution is -2.23. The summed E-state index contributed by atoms with van der Waals surface area (Å²) in [4.78, 5) is 29.0. The number of imidazole rings is 1. The molecule has 4 N–H and O–H groups in total. The van der Waals surface area contributed by atoms with Crippen LogP contribution in [0, 0.1) is 0 Å². The first-order valence-electron chi connectivity index (χ1n) is 8.56. The number of nitrogens with one attached hydrogen (secondary N) is 4. The number of fused-ring (bicyclic) bond motifs is 1. The van der Waals surface area contributed by atoms with E-state index in [1.54, 1.807) is 30.3 Å². The number of benzene rings is 2. The summed E-state index contributed by atoms with van der Waals surface area (Å²) in [6, 6.07) is 13.8. The number of carbonyl (C=O) groups is 1. The van der Waals surface area contributed by atoms with E-state index in [0.29, 0.717) is 22.5 Å². The summed E-state index contributed by atoms with van der Waals surface area (Å²) in [5.74, 6) is 0.0834. The standard InChI is InChI=1S/C19H16N4O5S/c24-18(21-13-5-8-16-17(10-13)23-19(25)22-16)12-3-6-15(7-4-12)29(26,27)20-11-14-2-1-9-28-14/h1-10,20H,11H2,(H,21,24)(H2,22,23,25). The van der Waals surface area contributed by atoms with E-state index in [9.17, 15) is 18.0 Å². The summed E-state index contributed by atoms with van der Waals surface area (Å²) >= 11 is 0. The van der Waals surface area contributed by atoms with Gasteiger partial charge in [-0.3, -0.25) is 4.79 Å². The monoisotopic (exact) mass is 412 g/mol. The molecule has 4 aromatic rings. The van der Waals surface area contributed by atoms with Crippen LogP contribution in [0.1, 0.15) is 16.1 Å². The fourth-order valence-electron chi connectivity index (χ4n) is 2.76. The molecule has 0 spiro atoms. The van der Waals surface area contributed by atoms with Crippen LogP contribution in [0.15, 0.2) is 75.0 Å². The first-order chi connectivity index (χ1) is 13.9. The highest BCUT2D eigenvalue weighted by Crippen LogP contribution is 2.17. The number of aromatic amines is 2. The van der Waals surface area contributed by atoms with Crippen LogP contribution in [0.2, 0.25) is 0 Å². The van der Waals surface area contributed by atoms with Crippen molar-refractivity contribution in [2.45, 2.75) is 11.4 Å². The molecule has 0 saturated heterocycles. The van der Waals surface area contributed by atoms with Crippen LogP contribution in [0.3, 0.4) is 0 Å². The molecule has 9 nitrogen and oxygen atoms in total. The van der Waals surface area contributed by atoms with Crippen LogP contribution >= 0.6 is 0 Å². The third-order valence-electron chi connectivity index (χ3n) is 4.22. The number of anilines is 1. The number of hydrogen-bond donors (Lipinski definition) is 4.